The Labute approximate surface area is 138 Å². The summed E-state index contributed by atoms with van der Waals surface area (Å²) in [6.07, 6.45) is 1.06. The van der Waals surface area contributed by atoms with Gasteiger partial charge in [-0.15, -0.1) is 0 Å². The lowest BCUT2D eigenvalue weighted by molar-refractivity contribution is -0.0300. The largest absolute Gasteiger partial charge is 0.463 e. The number of nitrogens with two attached hydrogens (primary N) is 1. The number of imidazole rings is 1. The van der Waals surface area contributed by atoms with Crippen LogP contribution < -0.4 is 10.5 Å². The van der Waals surface area contributed by atoms with E-state index in [9.17, 15) is 15.3 Å². The van der Waals surface area contributed by atoms with Gasteiger partial charge in [-0.2, -0.15) is 9.97 Å². The molecule has 2 aliphatic carbocycles. The highest BCUT2D eigenvalue weighted by Gasteiger charge is 2.71. The second kappa shape index (κ2) is 5.27. The lowest BCUT2D eigenvalue weighted by atomic mass is 10.0. The molecule has 5 atom stereocenters. The smallest absolute Gasteiger partial charge is 0.320 e. The molecule has 0 spiro atoms. The van der Waals surface area contributed by atoms with E-state index in [1.807, 2.05) is 6.92 Å². The number of ether oxygens (including phenoxy) is 1. The van der Waals surface area contributed by atoms with Gasteiger partial charge in [0.2, 0.25) is 0 Å². The summed E-state index contributed by atoms with van der Waals surface area (Å²) in [5, 5.41) is 30.4. The molecule has 2 unspecified atom stereocenters. The van der Waals surface area contributed by atoms with Crippen molar-refractivity contribution in [3.8, 4) is 6.01 Å². The first-order valence-electron chi connectivity index (χ1n) is 8.13. The number of rotatable bonds is 5. The molecule has 0 aromatic carbocycles. The Balaban J connectivity index is 1.76. The summed E-state index contributed by atoms with van der Waals surface area (Å²) in [4.78, 5) is 12.7. The predicted octanol–water partition coefficient (Wildman–Crippen LogP) is -0.528. The van der Waals surface area contributed by atoms with Crippen molar-refractivity contribution >= 4 is 17.0 Å². The standard InChI is InChI=1S/C15H21N5O4/c1-2-3-24-14-18-12(16)8-13(19-14)20(6-17-8)9-7-4-15(7,5-21)11(23)10(9)22/h6-7,9-11,21-23H,2-5H2,1H3,(H2,16,18,19)/t7-,9-,10?,11?,15+/m1/s1. The van der Waals surface area contributed by atoms with Gasteiger partial charge in [0.25, 0.3) is 0 Å². The molecule has 9 heteroatoms. The van der Waals surface area contributed by atoms with Crippen molar-refractivity contribution in [2.45, 2.75) is 38.0 Å². The van der Waals surface area contributed by atoms with Gasteiger partial charge in [0, 0.05) is 5.41 Å². The maximum absolute atomic E-state index is 10.5. The lowest BCUT2D eigenvalue weighted by Gasteiger charge is -2.23. The summed E-state index contributed by atoms with van der Waals surface area (Å²) in [5.41, 5.74) is 6.21. The fourth-order valence-corrected chi connectivity index (χ4v) is 3.94. The highest BCUT2D eigenvalue weighted by molar-refractivity contribution is 5.82. The number of aliphatic hydroxyl groups is 3. The van der Waals surface area contributed by atoms with Gasteiger partial charge < -0.3 is 30.4 Å². The van der Waals surface area contributed by atoms with Crippen LogP contribution in [0.2, 0.25) is 0 Å². The monoisotopic (exact) mass is 335 g/mol. The van der Waals surface area contributed by atoms with Crippen LogP contribution in [0, 0.1) is 11.3 Å². The number of fused-ring (bicyclic) bond motifs is 2. The minimum absolute atomic E-state index is 0.0268. The second-order valence-corrected chi connectivity index (χ2v) is 6.69. The van der Waals surface area contributed by atoms with Crippen LogP contribution in [0.4, 0.5) is 5.82 Å². The van der Waals surface area contributed by atoms with Gasteiger partial charge in [-0.05, 0) is 18.8 Å². The molecule has 4 rings (SSSR count). The first-order valence-corrected chi connectivity index (χ1v) is 8.13. The molecule has 2 aromatic heterocycles. The van der Waals surface area contributed by atoms with Crippen LogP contribution in [0.5, 0.6) is 6.01 Å². The number of anilines is 1. The van der Waals surface area contributed by atoms with Gasteiger partial charge in [-0.1, -0.05) is 6.92 Å². The SMILES string of the molecule is CCCOc1nc(N)c2ncn([C@H]3C(O)C(O)[C@]4(CO)C[C@H]34)c2n1. The highest BCUT2D eigenvalue weighted by Crippen LogP contribution is 2.67. The third-order valence-electron chi connectivity index (χ3n) is 5.33. The van der Waals surface area contributed by atoms with E-state index < -0.39 is 23.7 Å². The number of aliphatic hydroxyl groups excluding tert-OH is 3. The molecule has 5 N–H and O–H groups in total. The Morgan fingerprint density at radius 1 is 1.42 bits per heavy atom. The van der Waals surface area contributed by atoms with Crippen molar-refractivity contribution in [1.82, 2.24) is 19.5 Å². The molecule has 0 bridgehead atoms. The fourth-order valence-electron chi connectivity index (χ4n) is 3.94. The third-order valence-corrected chi connectivity index (χ3v) is 5.33. The van der Waals surface area contributed by atoms with Gasteiger partial charge in [0.15, 0.2) is 17.0 Å². The fraction of sp³-hybridized carbons (Fsp3) is 0.667. The molecule has 130 valence electrons. The Morgan fingerprint density at radius 2 is 2.21 bits per heavy atom. The van der Waals surface area contributed by atoms with Gasteiger partial charge in [0.05, 0.1) is 31.7 Å². The maximum atomic E-state index is 10.5. The summed E-state index contributed by atoms with van der Waals surface area (Å²) in [5.74, 6) is 0.184. The number of nitrogen functional groups attached to an aromatic ring is 1. The molecule has 2 heterocycles. The molecule has 9 nitrogen and oxygen atoms in total. The minimum Gasteiger partial charge on any atom is -0.463 e. The first-order chi connectivity index (χ1) is 11.5. The van der Waals surface area contributed by atoms with Crippen LogP contribution in [-0.2, 0) is 0 Å². The van der Waals surface area contributed by atoms with Crippen LogP contribution in [0.15, 0.2) is 6.33 Å². The number of hydrogen-bond donors (Lipinski definition) is 4. The summed E-state index contributed by atoms with van der Waals surface area (Å²) in [7, 11) is 0. The van der Waals surface area contributed by atoms with Crippen LogP contribution in [0.1, 0.15) is 25.8 Å². The van der Waals surface area contributed by atoms with Crippen molar-refractivity contribution in [1.29, 1.82) is 0 Å². The Kier molecular flexibility index (Phi) is 3.41. The zero-order chi connectivity index (χ0) is 17.1. The van der Waals surface area contributed by atoms with Crippen LogP contribution in [0.25, 0.3) is 11.2 Å². The Hall–Kier alpha value is -1.97. The van der Waals surface area contributed by atoms with E-state index in [4.69, 9.17) is 10.5 Å². The third kappa shape index (κ3) is 1.95. The summed E-state index contributed by atoms with van der Waals surface area (Å²) in [6, 6.07) is -0.244. The molecular weight excluding hydrogens is 314 g/mol. The number of hydrogen-bond acceptors (Lipinski definition) is 8. The second-order valence-electron chi connectivity index (χ2n) is 6.69. The first kappa shape index (κ1) is 15.6. The van der Waals surface area contributed by atoms with E-state index in [1.165, 1.54) is 0 Å². The predicted molar refractivity (Wildman–Crippen MR) is 84.2 cm³/mol. The van der Waals surface area contributed by atoms with E-state index in [-0.39, 0.29) is 24.4 Å². The lowest BCUT2D eigenvalue weighted by Crippen LogP contribution is -2.35. The molecule has 0 radical (unpaired) electrons. The molecule has 0 amide bonds. The zero-order valence-corrected chi connectivity index (χ0v) is 13.3. The number of nitrogens with zero attached hydrogens (tertiary/aromatic N) is 4. The average molecular weight is 335 g/mol. The van der Waals surface area contributed by atoms with E-state index in [2.05, 4.69) is 15.0 Å². The van der Waals surface area contributed by atoms with Crippen molar-refractivity contribution in [3.63, 3.8) is 0 Å². The summed E-state index contributed by atoms with van der Waals surface area (Å²) < 4.78 is 7.18. The average Bonchev–Trinajstić information content (AvgIpc) is 3.09. The Bertz CT molecular complexity index is 781. The topological polar surface area (TPSA) is 140 Å². The van der Waals surface area contributed by atoms with Gasteiger partial charge in [-0.25, -0.2) is 4.98 Å². The molecular formula is C15H21N5O4. The molecule has 2 aliphatic rings. The van der Waals surface area contributed by atoms with Crippen LogP contribution >= 0.6 is 0 Å². The van der Waals surface area contributed by atoms with E-state index in [1.54, 1.807) is 10.9 Å². The minimum atomic E-state index is -0.996. The van der Waals surface area contributed by atoms with Crippen molar-refractivity contribution in [2.75, 3.05) is 18.9 Å². The highest BCUT2D eigenvalue weighted by atomic mass is 16.5. The number of aromatic nitrogens is 4. The zero-order valence-electron chi connectivity index (χ0n) is 13.3. The van der Waals surface area contributed by atoms with E-state index in [0.717, 1.165) is 6.42 Å². The molecule has 2 saturated carbocycles. The van der Waals surface area contributed by atoms with Gasteiger partial charge >= 0.3 is 6.01 Å². The molecule has 24 heavy (non-hydrogen) atoms. The maximum Gasteiger partial charge on any atom is 0.320 e. The van der Waals surface area contributed by atoms with Crippen LogP contribution in [0.3, 0.4) is 0 Å². The quantitative estimate of drug-likeness (QED) is 0.572. The van der Waals surface area contributed by atoms with Crippen LogP contribution in [-0.4, -0.2) is 60.3 Å². The van der Waals surface area contributed by atoms with Gasteiger partial charge in [0.1, 0.15) is 6.10 Å². The summed E-state index contributed by atoms with van der Waals surface area (Å²) in [6.45, 7) is 2.30. The Morgan fingerprint density at radius 3 is 2.88 bits per heavy atom. The van der Waals surface area contributed by atoms with E-state index in [0.29, 0.717) is 24.2 Å². The molecule has 2 fully saturated rings. The van der Waals surface area contributed by atoms with E-state index >= 15 is 0 Å². The van der Waals surface area contributed by atoms with Crippen molar-refractivity contribution < 1.29 is 20.1 Å². The molecule has 0 saturated heterocycles. The normalized spacial score (nSPS) is 34.5. The van der Waals surface area contributed by atoms with Crippen molar-refractivity contribution in [2.24, 2.45) is 11.3 Å². The molecule has 0 aliphatic heterocycles. The summed E-state index contributed by atoms with van der Waals surface area (Å²) >= 11 is 0. The molecule has 2 aromatic rings. The van der Waals surface area contributed by atoms with Crippen molar-refractivity contribution in [3.05, 3.63) is 6.33 Å². The van der Waals surface area contributed by atoms with Gasteiger partial charge in [-0.3, -0.25) is 0 Å².